The normalized spacial score (nSPS) is 12.3. The van der Waals surface area contributed by atoms with Crippen LogP contribution < -0.4 is 4.74 Å². The van der Waals surface area contributed by atoms with E-state index >= 15 is 0 Å². The second kappa shape index (κ2) is 8.48. The molecule has 0 amide bonds. The third kappa shape index (κ3) is 5.30. The molecular weight excluding hydrogens is 468 g/mol. The Morgan fingerprint density at radius 1 is 1.19 bits per heavy atom. The number of alkyl halides is 3. The molecule has 0 aliphatic heterocycles. The lowest BCUT2D eigenvalue weighted by Gasteiger charge is -2.20. The number of esters is 1. The van der Waals surface area contributed by atoms with Crippen LogP contribution in [0.1, 0.15) is 47.8 Å². The molecule has 1 aromatic carbocycles. The number of fused-ring (bicyclic) bond motifs is 1. The van der Waals surface area contributed by atoms with Crippen LogP contribution in [0.4, 0.5) is 13.2 Å². The second-order valence-electron chi connectivity index (χ2n) is 8.38. The van der Waals surface area contributed by atoms with Gasteiger partial charge in [-0.05, 0) is 44.9 Å². The first kappa shape index (κ1) is 24.2. The number of nitrogens with zero attached hydrogens (tertiary/aromatic N) is 2. The first-order valence-electron chi connectivity index (χ1n) is 9.57. The number of hydrogen-bond donors (Lipinski definition) is 0. The molecule has 0 saturated heterocycles. The predicted molar refractivity (Wildman–Crippen MR) is 117 cm³/mol. The fourth-order valence-electron chi connectivity index (χ4n) is 3.45. The summed E-state index contributed by atoms with van der Waals surface area (Å²) < 4.78 is 49.1. The molecular formula is C22H21Cl2F3N2O3. The van der Waals surface area contributed by atoms with E-state index in [1.165, 1.54) is 18.3 Å². The van der Waals surface area contributed by atoms with Crippen molar-refractivity contribution in [3.8, 4) is 5.75 Å². The van der Waals surface area contributed by atoms with Crippen molar-refractivity contribution in [3.63, 3.8) is 0 Å². The maximum Gasteiger partial charge on any atom is 0.573 e. The summed E-state index contributed by atoms with van der Waals surface area (Å²) in [7, 11) is 1.71. The number of carbonyl (C=O) groups excluding carboxylic acids is 1. The van der Waals surface area contributed by atoms with E-state index in [4.69, 9.17) is 27.9 Å². The minimum absolute atomic E-state index is 0.0822. The Morgan fingerprint density at radius 2 is 1.84 bits per heavy atom. The largest absolute Gasteiger partial charge is 0.573 e. The lowest BCUT2D eigenvalue weighted by atomic mass is 10.0. The number of carbonyl (C=O) groups is 1. The Balaban J connectivity index is 2.05. The SMILES string of the molecule is Cc1cc(OC(F)(F)F)cc2c1c(Cc1c(Cl)ncc(C(=O)OC(C)(C)C)c1Cl)cn2C. The van der Waals surface area contributed by atoms with E-state index < -0.39 is 17.9 Å². The van der Waals surface area contributed by atoms with E-state index in [9.17, 15) is 18.0 Å². The zero-order valence-electron chi connectivity index (χ0n) is 18.0. The Bertz CT molecular complexity index is 1200. The summed E-state index contributed by atoms with van der Waals surface area (Å²) in [6.45, 7) is 6.89. The number of pyridine rings is 1. The highest BCUT2D eigenvalue weighted by atomic mass is 35.5. The summed E-state index contributed by atoms with van der Waals surface area (Å²) in [6, 6.07) is 2.63. The number of hydrogen-bond acceptors (Lipinski definition) is 4. The maximum absolute atomic E-state index is 12.7. The van der Waals surface area contributed by atoms with Gasteiger partial charge in [-0.25, -0.2) is 9.78 Å². The molecule has 0 atom stereocenters. The molecule has 2 aromatic heterocycles. The van der Waals surface area contributed by atoms with Gasteiger partial charge in [0, 0.05) is 42.9 Å². The van der Waals surface area contributed by atoms with Gasteiger partial charge in [-0.3, -0.25) is 0 Å². The summed E-state index contributed by atoms with van der Waals surface area (Å²) in [5.41, 5.74) is 1.66. The van der Waals surface area contributed by atoms with Crippen molar-refractivity contribution in [2.75, 3.05) is 0 Å². The number of benzene rings is 1. The lowest BCUT2D eigenvalue weighted by molar-refractivity contribution is -0.274. The molecule has 0 radical (unpaired) electrons. The molecule has 0 aliphatic carbocycles. The van der Waals surface area contributed by atoms with Gasteiger partial charge in [-0.2, -0.15) is 0 Å². The van der Waals surface area contributed by atoms with Crippen molar-refractivity contribution in [2.45, 2.75) is 46.1 Å². The molecule has 5 nitrogen and oxygen atoms in total. The predicted octanol–water partition coefficient (Wildman–Crippen LogP) is 6.63. The summed E-state index contributed by atoms with van der Waals surface area (Å²) in [6.07, 6.45) is -1.55. The average Bonchev–Trinajstić information content (AvgIpc) is 2.91. The van der Waals surface area contributed by atoms with Gasteiger partial charge in [0.2, 0.25) is 0 Å². The summed E-state index contributed by atoms with van der Waals surface area (Å²) in [4.78, 5) is 16.6. The molecule has 32 heavy (non-hydrogen) atoms. The minimum atomic E-state index is -4.79. The molecule has 0 unspecified atom stereocenters. The van der Waals surface area contributed by atoms with E-state index in [1.54, 1.807) is 45.5 Å². The highest BCUT2D eigenvalue weighted by Crippen LogP contribution is 2.35. The Kier molecular flexibility index (Phi) is 6.41. The van der Waals surface area contributed by atoms with Crippen LogP contribution in [-0.2, 0) is 18.2 Å². The molecule has 172 valence electrons. The monoisotopic (exact) mass is 488 g/mol. The number of aromatic nitrogens is 2. The summed E-state index contributed by atoms with van der Waals surface area (Å²) in [5, 5.41) is 0.969. The second-order valence-corrected chi connectivity index (χ2v) is 9.12. The standard InChI is InChI=1S/C22H21Cl2F3N2O3/c1-11-6-13(31-22(25,26)27)8-16-17(11)12(10-29(16)5)7-14-18(23)15(9-28-19(14)24)20(30)32-21(2,3)4/h6,8-10H,7H2,1-5H3. The van der Waals surface area contributed by atoms with E-state index in [-0.39, 0.29) is 27.9 Å². The third-order valence-corrected chi connectivity index (χ3v) is 5.37. The van der Waals surface area contributed by atoms with Gasteiger partial charge >= 0.3 is 12.3 Å². The highest BCUT2D eigenvalue weighted by molar-refractivity contribution is 6.37. The smallest absolute Gasteiger partial charge is 0.456 e. The minimum Gasteiger partial charge on any atom is -0.456 e. The zero-order chi connectivity index (χ0) is 24.0. The number of aryl methyl sites for hydroxylation is 2. The molecule has 3 aromatic rings. The van der Waals surface area contributed by atoms with E-state index in [2.05, 4.69) is 9.72 Å². The molecule has 2 heterocycles. The molecule has 0 saturated carbocycles. The van der Waals surface area contributed by atoms with E-state index in [0.29, 0.717) is 16.6 Å². The number of ether oxygens (including phenoxy) is 2. The zero-order valence-corrected chi connectivity index (χ0v) is 19.5. The van der Waals surface area contributed by atoms with Crippen molar-refractivity contribution in [3.05, 3.63) is 57.0 Å². The molecule has 3 rings (SSSR count). The highest BCUT2D eigenvalue weighted by Gasteiger charge is 2.31. The van der Waals surface area contributed by atoms with Gasteiger partial charge < -0.3 is 14.0 Å². The van der Waals surface area contributed by atoms with Gasteiger partial charge in [0.05, 0.1) is 16.1 Å². The summed E-state index contributed by atoms with van der Waals surface area (Å²) in [5.74, 6) is -0.934. The molecule has 10 heteroatoms. The average molecular weight is 489 g/mol. The third-order valence-electron chi connectivity index (χ3n) is 4.62. The fraction of sp³-hybridized carbons (Fsp3) is 0.364. The Labute approximate surface area is 193 Å². The van der Waals surface area contributed by atoms with Crippen molar-refractivity contribution >= 4 is 40.1 Å². The van der Waals surface area contributed by atoms with E-state index in [1.807, 2.05) is 0 Å². The van der Waals surface area contributed by atoms with Crippen molar-refractivity contribution in [1.82, 2.24) is 9.55 Å². The number of halogens is 5. The first-order chi connectivity index (χ1) is 14.7. The van der Waals surface area contributed by atoms with Crippen LogP contribution in [0.25, 0.3) is 10.9 Å². The Hall–Kier alpha value is -2.45. The van der Waals surface area contributed by atoms with Crippen LogP contribution in [0.2, 0.25) is 10.2 Å². The van der Waals surface area contributed by atoms with E-state index in [0.717, 1.165) is 10.9 Å². The van der Waals surface area contributed by atoms with Crippen molar-refractivity contribution in [2.24, 2.45) is 7.05 Å². The quantitative estimate of drug-likeness (QED) is 0.305. The molecule has 0 fully saturated rings. The number of rotatable bonds is 4. The molecule has 0 aliphatic rings. The van der Waals surface area contributed by atoms with Crippen molar-refractivity contribution < 1.29 is 27.4 Å². The van der Waals surface area contributed by atoms with Gasteiger partial charge in [0.1, 0.15) is 16.5 Å². The molecule has 0 spiro atoms. The van der Waals surface area contributed by atoms with Crippen LogP contribution >= 0.6 is 23.2 Å². The van der Waals surface area contributed by atoms with Gasteiger partial charge in [-0.15, -0.1) is 13.2 Å². The molecule has 0 bridgehead atoms. The van der Waals surface area contributed by atoms with Crippen LogP contribution in [0.5, 0.6) is 5.75 Å². The first-order valence-corrected chi connectivity index (χ1v) is 10.3. The van der Waals surface area contributed by atoms with Gasteiger partial charge in [0.25, 0.3) is 0 Å². The lowest BCUT2D eigenvalue weighted by Crippen LogP contribution is -2.24. The van der Waals surface area contributed by atoms with Crippen molar-refractivity contribution in [1.29, 1.82) is 0 Å². The van der Waals surface area contributed by atoms with Gasteiger partial charge in [0.15, 0.2) is 0 Å². The maximum atomic E-state index is 12.7. The molecule has 0 N–H and O–H groups in total. The van der Waals surface area contributed by atoms with Crippen LogP contribution in [0.3, 0.4) is 0 Å². The van der Waals surface area contributed by atoms with Gasteiger partial charge in [-0.1, -0.05) is 23.2 Å². The van der Waals surface area contributed by atoms with Crippen LogP contribution in [0, 0.1) is 6.92 Å². The van der Waals surface area contributed by atoms with Crippen LogP contribution in [0.15, 0.2) is 24.5 Å². The summed E-state index contributed by atoms with van der Waals surface area (Å²) >= 11 is 12.8. The Morgan fingerprint density at radius 3 is 2.44 bits per heavy atom. The fourth-order valence-corrected chi connectivity index (χ4v) is 3.99. The topological polar surface area (TPSA) is 53.4 Å². The van der Waals surface area contributed by atoms with Crippen LogP contribution in [-0.4, -0.2) is 27.5 Å².